The van der Waals surface area contributed by atoms with Crippen molar-refractivity contribution in [1.29, 1.82) is 0 Å². The Hall–Kier alpha value is -0.690. The van der Waals surface area contributed by atoms with Crippen LogP contribution in [0.1, 0.15) is 52.7 Å². The van der Waals surface area contributed by atoms with Gasteiger partial charge in [-0.3, -0.25) is 0 Å². The van der Waals surface area contributed by atoms with Gasteiger partial charge in [-0.15, -0.1) is 0 Å². The van der Waals surface area contributed by atoms with E-state index in [1.165, 1.54) is 0 Å². The molecule has 0 amide bonds. The quantitative estimate of drug-likeness (QED) is 0.701. The Morgan fingerprint density at radius 1 is 0.875 bits per heavy atom. The predicted octanol–water partition coefficient (Wildman–Crippen LogP) is 4.64. The minimum absolute atomic E-state index is 0.00914. The highest BCUT2D eigenvalue weighted by Crippen LogP contribution is 2.38. The Balaban J connectivity index is 3.45. The minimum atomic E-state index is -0.0747. The fourth-order valence-corrected chi connectivity index (χ4v) is 2.18. The van der Waals surface area contributed by atoms with E-state index in [9.17, 15) is 5.11 Å². The van der Waals surface area contributed by atoms with Gasteiger partial charge < -0.3 is 5.11 Å². The van der Waals surface area contributed by atoms with E-state index in [2.05, 4.69) is 41.5 Å². The number of hydrogen-bond donors (Lipinski definition) is 1. The topological polar surface area (TPSA) is 20.2 Å². The lowest BCUT2D eigenvalue weighted by molar-refractivity contribution is 0.444. The van der Waals surface area contributed by atoms with Crippen LogP contribution in [-0.4, -0.2) is 5.11 Å². The zero-order valence-electron chi connectivity index (χ0n) is 11.0. The summed E-state index contributed by atoms with van der Waals surface area (Å²) in [5.41, 5.74) is 1.94. The van der Waals surface area contributed by atoms with E-state index in [-0.39, 0.29) is 16.6 Å². The van der Waals surface area contributed by atoms with Crippen molar-refractivity contribution in [2.45, 2.75) is 52.4 Å². The van der Waals surface area contributed by atoms with E-state index in [0.29, 0.717) is 5.02 Å². The van der Waals surface area contributed by atoms with E-state index in [0.717, 1.165) is 11.1 Å². The average Bonchev–Trinajstić information content (AvgIpc) is 1.97. The molecule has 0 spiro atoms. The van der Waals surface area contributed by atoms with Gasteiger partial charge in [0.25, 0.3) is 0 Å². The standard InChI is InChI=1S/C14H21ClO/c1-13(2,3)9-7-10(14(4,5)6)12(16)8-11(9)15/h7-8,16H,1-6H3. The lowest BCUT2D eigenvalue weighted by Gasteiger charge is -2.26. The van der Waals surface area contributed by atoms with Crippen molar-refractivity contribution in [3.05, 3.63) is 28.3 Å². The molecule has 1 nitrogen and oxygen atoms in total. The highest BCUT2D eigenvalue weighted by molar-refractivity contribution is 6.31. The van der Waals surface area contributed by atoms with E-state index in [1.54, 1.807) is 6.07 Å². The second-order valence-electron chi connectivity index (χ2n) is 6.35. The molecule has 0 aromatic heterocycles. The summed E-state index contributed by atoms with van der Waals surface area (Å²) in [5.74, 6) is 0.283. The molecular weight excluding hydrogens is 220 g/mol. The minimum Gasteiger partial charge on any atom is -0.508 e. The first-order chi connectivity index (χ1) is 7.03. The third kappa shape index (κ3) is 2.70. The molecule has 0 atom stereocenters. The van der Waals surface area contributed by atoms with Gasteiger partial charge in [0.2, 0.25) is 0 Å². The molecule has 1 aromatic carbocycles. The molecule has 0 saturated heterocycles. The van der Waals surface area contributed by atoms with Crippen molar-refractivity contribution in [1.82, 2.24) is 0 Å². The molecule has 0 radical (unpaired) electrons. The molecule has 1 rings (SSSR count). The Kier molecular flexibility index (Phi) is 3.31. The van der Waals surface area contributed by atoms with Gasteiger partial charge in [0.1, 0.15) is 5.75 Å². The van der Waals surface area contributed by atoms with Crippen molar-refractivity contribution >= 4 is 11.6 Å². The van der Waals surface area contributed by atoms with Gasteiger partial charge in [0.05, 0.1) is 0 Å². The van der Waals surface area contributed by atoms with Crippen molar-refractivity contribution < 1.29 is 5.11 Å². The average molecular weight is 241 g/mol. The third-order valence-corrected chi connectivity index (χ3v) is 3.01. The first kappa shape index (κ1) is 13.4. The molecule has 0 saturated carbocycles. The number of benzene rings is 1. The fraction of sp³-hybridized carbons (Fsp3) is 0.571. The number of rotatable bonds is 0. The maximum absolute atomic E-state index is 9.93. The number of hydrogen-bond acceptors (Lipinski definition) is 1. The van der Waals surface area contributed by atoms with E-state index in [4.69, 9.17) is 11.6 Å². The first-order valence-corrected chi connectivity index (χ1v) is 5.95. The van der Waals surface area contributed by atoms with Crippen LogP contribution in [0.4, 0.5) is 0 Å². The monoisotopic (exact) mass is 240 g/mol. The number of halogens is 1. The molecule has 16 heavy (non-hydrogen) atoms. The Morgan fingerprint density at radius 2 is 1.31 bits per heavy atom. The van der Waals surface area contributed by atoms with Crippen LogP contribution in [0.3, 0.4) is 0 Å². The Labute approximate surface area is 103 Å². The van der Waals surface area contributed by atoms with Crippen LogP contribution >= 0.6 is 11.6 Å². The molecule has 1 aromatic rings. The van der Waals surface area contributed by atoms with Gasteiger partial charge in [0.15, 0.2) is 0 Å². The smallest absolute Gasteiger partial charge is 0.120 e. The van der Waals surface area contributed by atoms with Crippen LogP contribution < -0.4 is 0 Å². The van der Waals surface area contributed by atoms with Crippen molar-refractivity contribution in [3.8, 4) is 5.75 Å². The summed E-state index contributed by atoms with van der Waals surface area (Å²) >= 11 is 6.18. The molecule has 0 aliphatic carbocycles. The summed E-state index contributed by atoms with van der Waals surface area (Å²) in [4.78, 5) is 0. The van der Waals surface area contributed by atoms with Crippen LogP contribution in [0.5, 0.6) is 5.75 Å². The molecule has 90 valence electrons. The van der Waals surface area contributed by atoms with E-state index >= 15 is 0 Å². The summed E-state index contributed by atoms with van der Waals surface area (Å²) < 4.78 is 0. The summed E-state index contributed by atoms with van der Waals surface area (Å²) in [6, 6.07) is 3.68. The van der Waals surface area contributed by atoms with Crippen molar-refractivity contribution in [2.75, 3.05) is 0 Å². The summed E-state index contributed by atoms with van der Waals surface area (Å²) in [7, 11) is 0. The van der Waals surface area contributed by atoms with E-state index in [1.807, 2.05) is 6.07 Å². The second kappa shape index (κ2) is 3.96. The van der Waals surface area contributed by atoms with Gasteiger partial charge in [0, 0.05) is 5.02 Å². The van der Waals surface area contributed by atoms with Gasteiger partial charge >= 0.3 is 0 Å². The van der Waals surface area contributed by atoms with Crippen LogP contribution in [-0.2, 0) is 10.8 Å². The molecule has 0 fully saturated rings. The SMILES string of the molecule is CC(C)(C)c1cc(C(C)(C)C)c(Cl)cc1O. The van der Waals surface area contributed by atoms with Crippen LogP contribution in [0.25, 0.3) is 0 Å². The lowest BCUT2D eigenvalue weighted by Crippen LogP contribution is -2.16. The molecule has 0 bridgehead atoms. The zero-order chi connectivity index (χ0) is 12.7. The van der Waals surface area contributed by atoms with E-state index < -0.39 is 0 Å². The maximum atomic E-state index is 9.93. The maximum Gasteiger partial charge on any atom is 0.120 e. The molecular formula is C14H21ClO. The largest absolute Gasteiger partial charge is 0.508 e. The molecule has 0 aliphatic heterocycles. The van der Waals surface area contributed by atoms with Crippen molar-refractivity contribution in [2.24, 2.45) is 0 Å². The molecule has 1 N–H and O–H groups in total. The highest BCUT2D eigenvalue weighted by Gasteiger charge is 2.24. The zero-order valence-corrected chi connectivity index (χ0v) is 11.7. The summed E-state index contributed by atoms with van der Waals surface area (Å²) in [5, 5.41) is 10.6. The van der Waals surface area contributed by atoms with Gasteiger partial charge in [-0.05, 0) is 34.1 Å². The van der Waals surface area contributed by atoms with Crippen LogP contribution in [0.15, 0.2) is 12.1 Å². The van der Waals surface area contributed by atoms with Crippen LogP contribution in [0, 0.1) is 0 Å². The first-order valence-electron chi connectivity index (χ1n) is 5.57. The van der Waals surface area contributed by atoms with Gasteiger partial charge in [-0.1, -0.05) is 53.1 Å². The molecule has 0 aliphatic rings. The van der Waals surface area contributed by atoms with Crippen molar-refractivity contribution in [3.63, 3.8) is 0 Å². The number of aromatic hydroxyl groups is 1. The highest BCUT2D eigenvalue weighted by atomic mass is 35.5. The third-order valence-electron chi connectivity index (χ3n) is 2.70. The number of phenols is 1. The fourth-order valence-electron chi connectivity index (χ4n) is 1.74. The molecule has 0 heterocycles. The molecule has 0 unspecified atom stereocenters. The van der Waals surface area contributed by atoms with Gasteiger partial charge in [-0.25, -0.2) is 0 Å². The Morgan fingerprint density at radius 3 is 1.69 bits per heavy atom. The lowest BCUT2D eigenvalue weighted by atomic mass is 9.80. The number of phenolic OH excluding ortho intramolecular Hbond substituents is 1. The predicted molar refractivity (Wildman–Crippen MR) is 70.5 cm³/mol. The molecule has 2 heteroatoms. The Bertz CT molecular complexity index is 359. The second-order valence-corrected chi connectivity index (χ2v) is 6.76. The summed E-state index contributed by atoms with van der Waals surface area (Å²) in [6.45, 7) is 12.6. The van der Waals surface area contributed by atoms with Crippen LogP contribution in [0.2, 0.25) is 5.02 Å². The normalized spacial score (nSPS) is 12.9. The summed E-state index contributed by atoms with van der Waals surface area (Å²) in [6.07, 6.45) is 0. The van der Waals surface area contributed by atoms with Gasteiger partial charge in [-0.2, -0.15) is 0 Å².